The molecule has 4 heteroatoms. The Hall–Kier alpha value is 0.230. The van der Waals surface area contributed by atoms with Crippen molar-refractivity contribution in [3.05, 3.63) is 12.2 Å². The molecule has 0 aromatic heterocycles. The predicted molar refractivity (Wildman–Crippen MR) is 77.3 cm³/mol. The minimum atomic E-state index is -0.243. The highest BCUT2D eigenvalue weighted by atomic mass is 127. The minimum absolute atomic E-state index is 0.243. The van der Waals surface area contributed by atoms with Crippen molar-refractivity contribution in [1.29, 1.82) is 0 Å². The third-order valence-corrected chi connectivity index (χ3v) is 3.24. The van der Waals surface area contributed by atoms with E-state index in [1.54, 1.807) is 6.08 Å². The van der Waals surface area contributed by atoms with Crippen LogP contribution >= 0.6 is 34.2 Å². The first kappa shape index (κ1) is 16.2. The van der Waals surface area contributed by atoms with Gasteiger partial charge >= 0.3 is 5.97 Å². The fraction of sp³-hybridized carbons (Fsp3) is 0.750. The Balaban J connectivity index is 4.01. The summed E-state index contributed by atoms with van der Waals surface area (Å²) < 4.78 is 6.00. The second kappa shape index (κ2) is 11.7. The maximum absolute atomic E-state index is 11.2. The second-order valence-electron chi connectivity index (χ2n) is 3.53. The van der Waals surface area contributed by atoms with E-state index in [-0.39, 0.29) is 5.97 Å². The quantitative estimate of drug-likeness (QED) is 0.270. The monoisotopic (exact) mass is 358 g/mol. The number of rotatable bonds is 9. The molecule has 0 saturated heterocycles. The molecule has 0 rings (SSSR count). The standard InChI is InChI=1S/C12H20ClIO2/c1-2-16-12(15)8-7-11(5-3-9-13)6-4-10-14/h7-8,11H,2-6,9-10H2,1H3/b8-7+. The van der Waals surface area contributed by atoms with E-state index in [0.717, 1.165) is 23.7 Å². The molecule has 0 aromatic carbocycles. The van der Waals surface area contributed by atoms with Crippen molar-refractivity contribution in [2.24, 2.45) is 5.92 Å². The zero-order chi connectivity index (χ0) is 12.2. The fourth-order valence-electron chi connectivity index (χ4n) is 1.42. The van der Waals surface area contributed by atoms with Crippen molar-refractivity contribution in [2.45, 2.75) is 32.6 Å². The number of carbonyl (C=O) groups is 1. The molecule has 0 bridgehead atoms. The van der Waals surface area contributed by atoms with Gasteiger partial charge in [0.2, 0.25) is 0 Å². The van der Waals surface area contributed by atoms with Gasteiger partial charge in [0.05, 0.1) is 6.61 Å². The zero-order valence-electron chi connectivity index (χ0n) is 9.75. The lowest BCUT2D eigenvalue weighted by Gasteiger charge is -2.10. The first-order chi connectivity index (χ1) is 7.74. The van der Waals surface area contributed by atoms with Crippen molar-refractivity contribution in [2.75, 3.05) is 16.9 Å². The summed E-state index contributed by atoms with van der Waals surface area (Å²) in [7, 11) is 0. The van der Waals surface area contributed by atoms with E-state index < -0.39 is 0 Å². The lowest BCUT2D eigenvalue weighted by atomic mass is 9.98. The van der Waals surface area contributed by atoms with Crippen LogP contribution in [0.15, 0.2) is 12.2 Å². The summed E-state index contributed by atoms with van der Waals surface area (Å²) in [5.74, 6) is 0.902. The largest absolute Gasteiger partial charge is 0.463 e. The molecule has 0 aromatic rings. The van der Waals surface area contributed by atoms with E-state index >= 15 is 0 Å². The summed E-state index contributed by atoms with van der Waals surface area (Å²) in [5.41, 5.74) is 0. The van der Waals surface area contributed by atoms with E-state index in [1.807, 2.05) is 13.0 Å². The topological polar surface area (TPSA) is 26.3 Å². The fourth-order valence-corrected chi connectivity index (χ4v) is 2.02. The summed E-state index contributed by atoms with van der Waals surface area (Å²) in [6, 6.07) is 0. The van der Waals surface area contributed by atoms with Crippen molar-refractivity contribution in [1.82, 2.24) is 0 Å². The van der Waals surface area contributed by atoms with Gasteiger partial charge in [-0.15, -0.1) is 11.6 Å². The smallest absolute Gasteiger partial charge is 0.330 e. The molecule has 0 aliphatic heterocycles. The number of allylic oxidation sites excluding steroid dienone is 1. The van der Waals surface area contributed by atoms with Gasteiger partial charge in [-0.05, 0) is 43.0 Å². The molecule has 0 aliphatic carbocycles. The Kier molecular flexibility index (Phi) is 11.9. The van der Waals surface area contributed by atoms with E-state index in [0.29, 0.717) is 18.4 Å². The molecular weight excluding hydrogens is 338 g/mol. The van der Waals surface area contributed by atoms with E-state index in [4.69, 9.17) is 16.3 Å². The van der Waals surface area contributed by atoms with Gasteiger partial charge in [-0.25, -0.2) is 4.79 Å². The van der Waals surface area contributed by atoms with E-state index in [9.17, 15) is 4.79 Å². The highest BCUT2D eigenvalue weighted by Gasteiger charge is 2.05. The first-order valence-corrected chi connectivity index (χ1v) is 7.77. The number of esters is 1. The van der Waals surface area contributed by atoms with Gasteiger partial charge in [-0.1, -0.05) is 28.7 Å². The first-order valence-electron chi connectivity index (χ1n) is 5.71. The van der Waals surface area contributed by atoms with Crippen LogP contribution in [0.25, 0.3) is 0 Å². The molecule has 2 nitrogen and oxygen atoms in total. The van der Waals surface area contributed by atoms with Crippen molar-refractivity contribution >= 4 is 40.2 Å². The number of halogens is 2. The maximum atomic E-state index is 11.2. The molecule has 0 saturated carbocycles. The number of hydrogen-bond acceptors (Lipinski definition) is 2. The van der Waals surface area contributed by atoms with Gasteiger partial charge in [0.25, 0.3) is 0 Å². The predicted octanol–water partition coefficient (Wildman–Crippen LogP) is 3.96. The normalized spacial score (nSPS) is 12.9. The van der Waals surface area contributed by atoms with Crippen LogP contribution in [-0.4, -0.2) is 22.9 Å². The highest BCUT2D eigenvalue weighted by molar-refractivity contribution is 14.1. The minimum Gasteiger partial charge on any atom is -0.463 e. The number of hydrogen-bond donors (Lipinski definition) is 0. The third-order valence-electron chi connectivity index (χ3n) is 2.21. The molecule has 0 amide bonds. The van der Waals surface area contributed by atoms with Crippen LogP contribution < -0.4 is 0 Å². The van der Waals surface area contributed by atoms with Crippen LogP contribution in [-0.2, 0) is 9.53 Å². The SMILES string of the molecule is CCOC(=O)/C=C/C(CCCCl)CCCI. The lowest BCUT2D eigenvalue weighted by Crippen LogP contribution is -2.03. The molecular formula is C12H20ClIO2. The van der Waals surface area contributed by atoms with Gasteiger partial charge < -0.3 is 4.74 Å². The number of carbonyl (C=O) groups excluding carboxylic acids is 1. The van der Waals surface area contributed by atoms with Gasteiger partial charge in [0, 0.05) is 12.0 Å². The van der Waals surface area contributed by atoms with Crippen LogP contribution in [0, 0.1) is 5.92 Å². The molecule has 0 spiro atoms. The number of alkyl halides is 2. The van der Waals surface area contributed by atoms with Gasteiger partial charge in [0.15, 0.2) is 0 Å². The molecule has 94 valence electrons. The van der Waals surface area contributed by atoms with Crippen LogP contribution in [0.4, 0.5) is 0 Å². The third kappa shape index (κ3) is 9.46. The van der Waals surface area contributed by atoms with Crippen LogP contribution in [0.3, 0.4) is 0 Å². The Morgan fingerprint density at radius 3 is 2.69 bits per heavy atom. The highest BCUT2D eigenvalue weighted by Crippen LogP contribution is 2.16. The molecule has 0 aliphatic rings. The zero-order valence-corrected chi connectivity index (χ0v) is 12.7. The molecule has 0 radical (unpaired) electrons. The van der Waals surface area contributed by atoms with Crippen molar-refractivity contribution < 1.29 is 9.53 Å². The summed E-state index contributed by atoms with van der Waals surface area (Å²) in [5, 5.41) is 0. The second-order valence-corrected chi connectivity index (χ2v) is 4.99. The van der Waals surface area contributed by atoms with Gasteiger partial charge in [-0.2, -0.15) is 0 Å². The molecule has 0 N–H and O–H groups in total. The molecule has 0 heterocycles. The summed E-state index contributed by atoms with van der Waals surface area (Å²) >= 11 is 8.05. The molecule has 0 fully saturated rings. The Morgan fingerprint density at radius 1 is 1.44 bits per heavy atom. The van der Waals surface area contributed by atoms with Crippen molar-refractivity contribution in [3.63, 3.8) is 0 Å². The van der Waals surface area contributed by atoms with Crippen LogP contribution in [0.5, 0.6) is 0 Å². The van der Waals surface area contributed by atoms with Gasteiger partial charge in [0.1, 0.15) is 0 Å². The Bertz CT molecular complexity index is 199. The summed E-state index contributed by atoms with van der Waals surface area (Å²) in [6.45, 7) is 2.25. The Labute approximate surface area is 117 Å². The van der Waals surface area contributed by atoms with E-state index in [1.165, 1.54) is 6.42 Å². The summed E-state index contributed by atoms with van der Waals surface area (Å²) in [4.78, 5) is 11.2. The molecule has 16 heavy (non-hydrogen) atoms. The average molecular weight is 359 g/mol. The van der Waals surface area contributed by atoms with E-state index in [2.05, 4.69) is 22.6 Å². The lowest BCUT2D eigenvalue weighted by molar-refractivity contribution is -0.137. The molecule has 1 atom stereocenters. The molecule has 1 unspecified atom stereocenters. The summed E-state index contributed by atoms with van der Waals surface area (Å²) in [6.07, 6.45) is 7.87. The Morgan fingerprint density at radius 2 is 2.12 bits per heavy atom. The number of ether oxygens (including phenoxy) is 1. The van der Waals surface area contributed by atoms with Gasteiger partial charge in [-0.3, -0.25) is 0 Å². The average Bonchev–Trinajstić information content (AvgIpc) is 2.28. The maximum Gasteiger partial charge on any atom is 0.330 e. The van der Waals surface area contributed by atoms with Crippen LogP contribution in [0.2, 0.25) is 0 Å². The van der Waals surface area contributed by atoms with Crippen LogP contribution in [0.1, 0.15) is 32.6 Å². The van der Waals surface area contributed by atoms with Crippen molar-refractivity contribution in [3.8, 4) is 0 Å².